The van der Waals surface area contributed by atoms with Crippen molar-refractivity contribution in [3.63, 3.8) is 0 Å². The van der Waals surface area contributed by atoms with Gasteiger partial charge in [0.2, 0.25) is 0 Å². The topological polar surface area (TPSA) is 35.6 Å². The molecule has 4 nitrogen and oxygen atoms in total. The van der Waals surface area contributed by atoms with Crippen LogP contribution < -0.4 is 5.32 Å². The molecule has 0 aliphatic carbocycles. The van der Waals surface area contributed by atoms with Gasteiger partial charge in [-0.25, -0.2) is 4.79 Å². The monoisotopic (exact) mass is 321 g/mol. The van der Waals surface area contributed by atoms with Crippen molar-refractivity contribution < 1.29 is 4.79 Å². The van der Waals surface area contributed by atoms with E-state index < -0.39 is 0 Å². The predicted molar refractivity (Wildman–Crippen MR) is 89.4 cm³/mol. The Bertz CT molecular complexity index is 528. The zero-order valence-electron chi connectivity index (χ0n) is 13.1. The molecule has 2 saturated heterocycles. The molecule has 5 heteroatoms. The fourth-order valence-corrected chi connectivity index (χ4v) is 3.75. The molecule has 0 aromatic heterocycles. The number of nitrogens with zero attached hydrogens (tertiary/aromatic N) is 2. The van der Waals surface area contributed by atoms with Crippen LogP contribution >= 0.6 is 11.6 Å². The highest BCUT2D eigenvalue weighted by Gasteiger charge is 2.30. The molecule has 0 radical (unpaired) electrons. The molecule has 0 bridgehead atoms. The molecule has 2 aliphatic rings. The van der Waals surface area contributed by atoms with Gasteiger partial charge in [-0.05, 0) is 36.5 Å². The van der Waals surface area contributed by atoms with Crippen LogP contribution in [0.5, 0.6) is 0 Å². The number of amides is 2. The molecule has 120 valence electrons. The third kappa shape index (κ3) is 3.55. The minimum atomic E-state index is 0.116. The van der Waals surface area contributed by atoms with Crippen molar-refractivity contribution in [2.45, 2.75) is 31.7 Å². The number of piperidine rings is 1. The average molecular weight is 322 g/mol. The van der Waals surface area contributed by atoms with E-state index in [1.165, 1.54) is 5.56 Å². The highest BCUT2D eigenvalue weighted by atomic mass is 35.5. The van der Waals surface area contributed by atoms with Crippen molar-refractivity contribution in [2.24, 2.45) is 0 Å². The summed E-state index contributed by atoms with van der Waals surface area (Å²) in [7, 11) is 0. The number of urea groups is 1. The molecular formula is C17H24ClN3O. The normalized spacial score (nSPS) is 21.9. The number of halogens is 1. The second kappa shape index (κ2) is 6.88. The van der Waals surface area contributed by atoms with Gasteiger partial charge in [-0.2, -0.15) is 0 Å². The largest absolute Gasteiger partial charge is 0.336 e. The first kappa shape index (κ1) is 15.6. The lowest BCUT2D eigenvalue weighted by Gasteiger charge is -2.37. The first-order chi connectivity index (χ1) is 10.6. The van der Waals surface area contributed by atoms with Crippen molar-refractivity contribution in [2.75, 3.05) is 32.7 Å². The molecular weight excluding hydrogens is 298 g/mol. The van der Waals surface area contributed by atoms with E-state index in [0.717, 1.165) is 50.6 Å². The van der Waals surface area contributed by atoms with E-state index in [1.807, 2.05) is 17.0 Å². The molecule has 1 aromatic carbocycles. The molecule has 3 rings (SSSR count). The van der Waals surface area contributed by atoms with Gasteiger partial charge in [-0.1, -0.05) is 30.7 Å². The second-order valence-electron chi connectivity index (χ2n) is 6.41. The van der Waals surface area contributed by atoms with Crippen molar-refractivity contribution in [3.8, 4) is 0 Å². The number of hydrogen-bond donors (Lipinski definition) is 1. The van der Waals surface area contributed by atoms with E-state index in [1.54, 1.807) is 0 Å². The Kier molecular flexibility index (Phi) is 4.89. The third-order valence-corrected chi connectivity index (χ3v) is 5.07. The lowest BCUT2D eigenvalue weighted by atomic mass is 9.98. The van der Waals surface area contributed by atoms with Gasteiger partial charge < -0.3 is 15.1 Å². The van der Waals surface area contributed by atoms with E-state index in [-0.39, 0.29) is 6.03 Å². The molecule has 2 heterocycles. The summed E-state index contributed by atoms with van der Waals surface area (Å²) in [5.41, 5.74) is 1.30. The molecule has 22 heavy (non-hydrogen) atoms. The van der Waals surface area contributed by atoms with Crippen molar-refractivity contribution in [1.29, 1.82) is 0 Å². The molecule has 2 fully saturated rings. The molecule has 2 amide bonds. The number of hydrogen-bond acceptors (Lipinski definition) is 2. The predicted octanol–water partition coefficient (Wildman–Crippen LogP) is 2.93. The molecule has 1 atom stereocenters. The minimum absolute atomic E-state index is 0.116. The first-order valence-electron chi connectivity index (χ1n) is 8.16. The maximum Gasteiger partial charge on any atom is 0.317 e. The van der Waals surface area contributed by atoms with Gasteiger partial charge in [0.25, 0.3) is 0 Å². The van der Waals surface area contributed by atoms with Crippen molar-refractivity contribution in [1.82, 2.24) is 15.1 Å². The summed E-state index contributed by atoms with van der Waals surface area (Å²) in [6.45, 7) is 7.11. The van der Waals surface area contributed by atoms with Crippen LogP contribution in [-0.4, -0.2) is 54.6 Å². The first-order valence-corrected chi connectivity index (χ1v) is 8.53. The SMILES string of the molecule is CC(CN1CCC(N2CCNC2=O)CC1)c1cccc(Cl)c1. The summed E-state index contributed by atoms with van der Waals surface area (Å²) in [6.07, 6.45) is 2.16. The van der Waals surface area contributed by atoms with Gasteiger partial charge >= 0.3 is 6.03 Å². The van der Waals surface area contributed by atoms with Crippen LogP contribution in [0.1, 0.15) is 31.2 Å². The highest BCUT2D eigenvalue weighted by Crippen LogP contribution is 2.23. The van der Waals surface area contributed by atoms with Crippen LogP contribution in [0, 0.1) is 0 Å². The number of carbonyl (C=O) groups excluding carboxylic acids is 1. The Labute approximate surface area is 137 Å². The molecule has 2 aliphatic heterocycles. The lowest BCUT2D eigenvalue weighted by molar-refractivity contribution is 0.133. The standard InChI is InChI=1S/C17H24ClN3O/c1-13(14-3-2-4-15(18)11-14)12-20-8-5-16(6-9-20)21-10-7-19-17(21)22/h2-4,11,13,16H,5-10,12H2,1H3,(H,19,22). The summed E-state index contributed by atoms with van der Waals surface area (Å²) in [4.78, 5) is 16.3. The summed E-state index contributed by atoms with van der Waals surface area (Å²) < 4.78 is 0. The van der Waals surface area contributed by atoms with Crippen LogP contribution in [0.15, 0.2) is 24.3 Å². The fourth-order valence-electron chi connectivity index (χ4n) is 3.55. The highest BCUT2D eigenvalue weighted by molar-refractivity contribution is 6.30. The van der Waals surface area contributed by atoms with Gasteiger partial charge in [0, 0.05) is 43.8 Å². The van der Waals surface area contributed by atoms with Gasteiger partial charge in [0.15, 0.2) is 0 Å². The second-order valence-corrected chi connectivity index (χ2v) is 6.85. The van der Waals surface area contributed by atoms with Gasteiger partial charge in [-0.15, -0.1) is 0 Å². The van der Waals surface area contributed by atoms with E-state index in [9.17, 15) is 4.79 Å². The van der Waals surface area contributed by atoms with Crippen molar-refractivity contribution in [3.05, 3.63) is 34.9 Å². The van der Waals surface area contributed by atoms with E-state index in [2.05, 4.69) is 29.3 Å². The summed E-state index contributed by atoms with van der Waals surface area (Å²) in [5, 5.41) is 3.71. The van der Waals surface area contributed by atoms with Crippen LogP contribution in [-0.2, 0) is 0 Å². The Balaban J connectivity index is 1.50. The quantitative estimate of drug-likeness (QED) is 0.925. The maximum atomic E-state index is 11.7. The molecule has 1 N–H and O–H groups in total. The number of nitrogens with one attached hydrogen (secondary N) is 1. The summed E-state index contributed by atoms with van der Waals surface area (Å²) in [6, 6.07) is 8.69. The number of rotatable bonds is 4. The minimum Gasteiger partial charge on any atom is -0.336 e. The summed E-state index contributed by atoms with van der Waals surface area (Å²) >= 11 is 6.08. The fraction of sp³-hybridized carbons (Fsp3) is 0.588. The molecule has 0 spiro atoms. The average Bonchev–Trinajstić information content (AvgIpc) is 2.94. The van der Waals surface area contributed by atoms with E-state index in [0.29, 0.717) is 12.0 Å². The van der Waals surface area contributed by atoms with Gasteiger partial charge in [0.05, 0.1) is 0 Å². The lowest BCUT2D eigenvalue weighted by Crippen LogP contribution is -2.46. The zero-order valence-corrected chi connectivity index (χ0v) is 13.9. The third-order valence-electron chi connectivity index (χ3n) is 4.84. The van der Waals surface area contributed by atoms with E-state index in [4.69, 9.17) is 11.6 Å². The molecule has 0 saturated carbocycles. The number of benzene rings is 1. The molecule has 1 unspecified atom stereocenters. The number of likely N-dealkylation sites (tertiary alicyclic amines) is 1. The Morgan fingerprint density at radius 1 is 1.32 bits per heavy atom. The zero-order chi connectivity index (χ0) is 15.5. The Hall–Kier alpha value is -1.26. The van der Waals surface area contributed by atoms with Crippen LogP contribution in [0.25, 0.3) is 0 Å². The smallest absolute Gasteiger partial charge is 0.317 e. The molecule has 1 aromatic rings. The van der Waals surface area contributed by atoms with Crippen LogP contribution in [0.2, 0.25) is 5.02 Å². The van der Waals surface area contributed by atoms with E-state index >= 15 is 0 Å². The van der Waals surface area contributed by atoms with Gasteiger partial charge in [-0.3, -0.25) is 0 Å². The maximum absolute atomic E-state index is 11.7. The Morgan fingerprint density at radius 2 is 2.09 bits per heavy atom. The Morgan fingerprint density at radius 3 is 2.73 bits per heavy atom. The van der Waals surface area contributed by atoms with Crippen LogP contribution in [0.4, 0.5) is 4.79 Å². The number of carbonyl (C=O) groups is 1. The summed E-state index contributed by atoms with van der Waals surface area (Å²) in [5.74, 6) is 0.477. The van der Waals surface area contributed by atoms with Crippen LogP contribution in [0.3, 0.4) is 0 Å². The van der Waals surface area contributed by atoms with Crippen molar-refractivity contribution >= 4 is 17.6 Å². The van der Waals surface area contributed by atoms with Gasteiger partial charge in [0.1, 0.15) is 0 Å².